The average Bonchev–Trinajstić information content (AvgIpc) is 3.22. The van der Waals surface area contributed by atoms with Crippen LogP contribution in [0.1, 0.15) is 37.7 Å². The predicted molar refractivity (Wildman–Crippen MR) is 122 cm³/mol. The Morgan fingerprint density at radius 2 is 1.87 bits per heavy atom. The Morgan fingerprint density at radius 1 is 1.03 bits per heavy atom. The zero-order chi connectivity index (χ0) is 21.0. The lowest BCUT2D eigenvalue weighted by Crippen LogP contribution is -2.28. The summed E-state index contributed by atoms with van der Waals surface area (Å²) in [5, 5.41) is 14.1. The smallest absolute Gasteiger partial charge is 0.223 e. The van der Waals surface area contributed by atoms with Gasteiger partial charge in [0.25, 0.3) is 0 Å². The van der Waals surface area contributed by atoms with E-state index in [1.807, 2.05) is 24.4 Å². The quantitative estimate of drug-likeness (QED) is 0.631. The third-order valence-electron chi connectivity index (χ3n) is 6.36. The molecule has 0 amide bonds. The molecule has 5 rings (SSSR count). The number of benzene rings is 2. The van der Waals surface area contributed by atoms with Gasteiger partial charge in [0.2, 0.25) is 5.95 Å². The van der Waals surface area contributed by atoms with Crippen molar-refractivity contribution in [2.75, 3.05) is 18.4 Å². The molecule has 2 N–H and O–H groups in total. The number of hydrogen-bond donors (Lipinski definition) is 2. The van der Waals surface area contributed by atoms with Gasteiger partial charge in [-0.25, -0.2) is 9.97 Å². The first-order chi connectivity index (χ1) is 15.2. The molecule has 6 nitrogen and oxygen atoms in total. The SMILES string of the molecule is O[C@H]1CC[C@H](Nc2ncc3ccc(O[C@H]4CCN(Cc5ccccc5)C4)cc3n2)CC1. The summed E-state index contributed by atoms with van der Waals surface area (Å²) in [6.07, 6.45) is 6.53. The highest BCUT2D eigenvalue weighted by molar-refractivity contribution is 5.80. The molecule has 2 heterocycles. The molecule has 1 saturated carbocycles. The van der Waals surface area contributed by atoms with Gasteiger partial charge in [-0.05, 0) is 49.8 Å². The minimum atomic E-state index is -0.158. The van der Waals surface area contributed by atoms with E-state index in [0.29, 0.717) is 12.0 Å². The molecular formula is C25H30N4O2. The molecule has 1 aromatic heterocycles. The van der Waals surface area contributed by atoms with Crippen molar-refractivity contribution in [2.45, 2.75) is 56.9 Å². The van der Waals surface area contributed by atoms with Gasteiger partial charge in [0, 0.05) is 43.3 Å². The normalized spacial score (nSPS) is 24.4. The van der Waals surface area contributed by atoms with Gasteiger partial charge in [0.05, 0.1) is 11.6 Å². The number of nitrogens with one attached hydrogen (secondary N) is 1. The maximum Gasteiger partial charge on any atom is 0.223 e. The predicted octanol–water partition coefficient (Wildman–Crippen LogP) is 4.00. The Balaban J connectivity index is 1.21. The highest BCUT2D eigenvalue weighted by Crippen LogP contribution is 2.25. The fourth-order valence-electron chi connectivity index (χ4n) is 4.62. The summed E-state index contributed by atoms with van der Waals surface area (Å²) in [5.74, 6) is 1.52. The van der Waals surface area contributed by atoms with E-state index >= 15 is 0 Å². The number of likely N-dealkylation sites (tertiary alicyclic amines) is 1. The molecule has 2 fully saturated rings. The molecule has 3 aromatic rings. The van der Waals surface area contributed by atoms with Crippen LogP contribution >= 0.6 is 0 Å². The third-order valence-corrected chi connectivity index (χ3v) is 6.36. The molecule has 0 spiro atoms. The molecule has 2 aromatic carbocycles. The van der Waals surface area contributed by atoms with Crippen LogP contribution in [-0.2, 0) is 6.54 Å². The summed E-state index contributed by atoms with van der Waals surface area (Å²) in [6.45, 7) is 2.97. The summed E-state index contributed by atoms with van der Waals surface area (Å²) in [5.41, 5.74) is 2.24. The van der Waals surface area contributed by atoms with Crippen LogP contribution in [0, 0.1) is 0 Å². The fraction of sp³-hybridized carbons (Fsp3) is 0.440. The van der Waals surface area contributed by atoms with Crippen LogP contribution in [0.5, 0.6) is 5.75 Å². The minimum absolute atomic E-state index is 0.158. The van der Waals surface area contributed by atoms with Crippen molar-refractivity contribution in [3.8, 4) is 5.75 Å². The Bertz CT molecular complexity index is 1000. The number of nitrogens with zero attached hydrogens (tertiary/aromatic N) is 3. The average molecular weight is 419 g/mol. The second-order valence-corrected chi connectivity index (χ2v) is 8.81. The number of rotatable bonds is 6. The number of aromatic nitrogens is 2. The molecule has 0 bridgehead atoms. The Hall–Kier alpha value is -2.70. The molecule has 31 heavy (non-hydrogen) atoms. The van der Waals surface area contributed by atoms with Gasteiger partial charge in [-0.2, -0.15) is 0 Å². The van der Waals surface area contributed by atoms with Crippen molar-refractivity contribution >= 4 is 16.9 Å². The molecule has 0 unspecified atom stereocenters. The summed E-state index contributed by atoms with van der Waals surface area (Å²) >= 11 is 0. The van der Waals surface area contributed by atoms with Gasteiger partial charge in [-0.15, -0.1) is 0 Å². The van der Waals surface area contributed by atoms with Gasteiger partial charge in [-0.3, -0.25) is 4.90 Å². The van der Waals surface area contributed by atoms with Crippen molar-refractivity contribution in [2.24, 2.45) is 0 Å². The lowest BCUT2D eigenvalue weighted by molar-refractivity contribution is 0.126. The maximum atomic E-state index is 9.70. The number of hydrogen-bond acceptors (Lipinski definition) is 6. The molecule has 1 saturated heterocycles. The molecular weight excluding hydrogens is 388 g/mol. The first-order valence-electron chi connectivity index (χ1n) is 11.4. The zero-order valence-electron chi connectivity index (χ0n) is 17.8. The third kappa shape index (κ3) is 5.14. The highest BCUT2D eigenvalue weighted by atomic mass is 16.5. The van der Waals surface area contributed by atoms with Crippen LogP contribution in [0.3, 0.4) is 0 Å². The Kier molecular flexibility index (Phi) is 6.00. The van der Waals surface area contributed by atoms with Crippen molar-refractivity contribution < 1.29 is 9.84 Å². The van der Waals surface area contributed by atoms with Gasteiger partial charge >= 0.3 is 0 Å². The molecule has 6 heteroatoms. The zero-order valence-corrected chi connectivity index (χ0v) is 17.8. The van der Waals surface area contributed by atoms with E-state index in [4.69, 9.17) is 9.72 Å². The van der Waals surface area contributed by atoms with E-state index in [-0.39, 0.29) is 12.2 Å². The van der Waals surface area contributed by atoms with E-state index in [2.05, 4.69) is 45.5 Å². The van der Waals surface area contributed by atoms with Crippen LogP contribution in [0.15, 0.2) is 54.7 Å². The van der Waals surface area contributed by atoms with E-state index < -0.39 is 0 Å². The van der Waals surface area contributed by atoms with Crippen molar-refractivity contribution in [3.63, 3.8) is 0 Å². The number of aliphatic hydroxyl groups excluding tert-OH is 1. The largest absolute Gasteiger partial charge is 0.489 e. The van der Waals surface area contributed by atoms with Crippen LogP contribution in [-0.4, -0.2) is 51.3 Å². The lowest BCUT2D eigenvalue weighted by Gasteiger charge is -2.26. The monoisotopic (exact) mass is 418 g/mol. The second-order valence-electron chi connectivity index (χ2n) is 8.81. The van der Waals surface area contributed by atoms with Crippen molar-refractivity contribution in [1.29, 1.82) is 0 Å². The first-order valence-corrected chi connectivity index (χ1v) is 11.4. The summed E-state index contributed by atoms with van der Waals surface area (Å²) in [7, 11) is 0. The van der Waals surface area contributed by atoms with Gasteiger partial charge in [-0.1, -0.05) is 30.3 Å². The minimum Gasteiger partial charge on any atom is -0.489 e. The van der Waals surface area contributed by atoms with Crippen LogP contribution in [0.4, 0.5) is 5.95 Å². The van der Waals surface area contributed by atoms with Gasteiger partial charge in [0.1, 0.15) is 11.9 Å². The van der Waals surface area contributed by atoms with E-state index in [1.54, 1.807) is 0 Å². The second kappa shape index (κ2) is 9.20. The topological polar surface area (TPSA) is 70.5 Å². The van der Waals surface area contributed by atoms with E-state index in [1.165, 1.54) is 5.56 Å². The summed E-state index contributed by atoms with van der Waals surface area (Å²) < 4.78 is 6.30. The van der Waals surface area contributed by atoms with Gasteiger partial charge < -0.3 is 15.2 Å². The van der Waals surface area contributed by atoms with Crippen LogP contribution in [0.25, 0.3) is 10.9 Å². The number of aliphatic hydroxyl groups is 1. The van der Waals surface area contributed by atoms with E-state index in [0.717, 1.165) is 68.4 Å². The molecule has 1 atom stereocenters. The maximum absolute atomic E-state index is 9.70. The van der Waals surface area contributed by atoms with Crippen molar-refractivity contribution in [3.05, 3.63) is 60.3 Å². The first kappa shape index (κ1) is 20.2. The van der Waals surface area contributed by atoms with Gasteiger partial charge in [0.15, 0.2) is 0 Å². The van der Waals surface area contributed by atoms with Crippen LogP contribution in [0.2, 0.25) is 0 Å². The molecule has 2 aliphatic rings. The standard InChI is InChI=1S/C25H30N4O2/c30-21-9-7-20(8-10-21)27-25-26-15-19-6-11-22(14-24(19)28-25)31-23-12-13-29(17-23)16-18-4-2-1-3-5-18/h1-6,11,14-15,20-21,23,30H,7-10,12-13,16-17H2,(H,26,27,28)/t20-,21-,23-/m0/s1. The lowest BCUT2D eigenvalue weighted by atomic mass is 9.93. The molecule has 1 aliphatic heterocycles. The molecule has 0 radical (unpaired) electrons. The number of fused-ring (bicyclic) bond motifs is 1. The molecule has 1 aliphatic carbocycles. The Labute approximate surface area is 183 Å². The van der Waals surface area contributed by atoms with Crippen LogP contribution < -0.4 is 10.1 Å². The highest BCUT2D eigenvalue weighted by Gasteiger charge is 2.24. The fourth-order valence-corrected chi connectivity index (χ4v) is 4.62. The number of ether oxygens (including phenoxy) is 1. The molecule has 162 valence electrons. The summed E-state index contributed by atoms with van der Waals surface area (Å²) in [4.78, 5) is 11.6. The summed E-state index contributed by atoms with van der Waals surface area (Å²) in [6, 6.07) is 17.0. The van der Waals surface area contributed by atoms with E-state index in [9.17, 15) is 5.11 Å². The van der Waals surface area contributed by atoms with Crippen molar-refractivity contribution in [1.82, 2.24) is 14.9 Å². The Morgan fingerprint density at radius 3 is 2.71 bits per heavy atom. The number of anilines is 1.